The second kappa shape index (κ2) is 8.48. The van der Waals surface area contributed by atoms with Gasteiger partial charge in [-0.3, -0.25) is 10.3 Å². The fraction of sp³-hybridized carbons (Fsp3) is 0.923. The second-order valence-corrected chi connectivity index (χ2v) is 5.48. The average Bonchev–Trinajstić information content (AvgIpc) is 2.20. The van der Waals surface area contributed by atoms with Gasteiger partial charge in [0, 0.05) is 32.1 Å². The Bertz CT molecular complexity index is 213. The summed E-state index contributed by atoms with van der Waals surface area (Å²) < 4.78 is 0. The molecule has 0 aliphatic carbocycles. The molecule has 4 heteroatoms. The zero-order valence-electron chi connectivity index (χ0n) is 12.2. The number of nitrogens with one attached hydrogen (secondary N) is 1. The van der Waals surface area contributed by atoms with Crippen LogP contribution < -0.4 is 5.73 Å². The first-order chi connectivity index (χ1) is 7.86. The van der Waals surface area contributed by atoms with Crippen molar-refractivity contribution < 1.29 is 0 Å². The molecule has 0 aliphatic rings. The lowest BCUT2D eigenvalue weighted by molar-refractivity contribution is 0.159. The topological polar surface area (TPSA) is 56.4 Å². The maximum absolute atomic E-state index is 7.46. The van der Waals surface area contributed by atoms with Gasteiger partial charge >= 0.3 is 0 Å². The first-order valence-corrected chi connectivity index (χ1v) is 6.58. The molecule has 0 aromatic rings. The summed E-state index contributed by atoms with van der Waals surface area (Å²) in [6.07, 6.45) is 1.75. The molecular formula is C13H30N4. The Morgan fingerprint density at radius 1 is 1.24 bits per heavy atom. The number of hydrogen-bond acceptors (Lipinski definition) is 3. The average molecular weight is 242 g/mol. The van der Waals surface area contributed by atoms with Gasteiger partial charge in [-0.2, -0.15) is 0 Å². The van der Waals surface area contributed by atoms with Crippen LogP contribution in [0.2, 0.25) is 0 Å². The van der Waals surface area contributed by atoms with E-state index in [0.717, 1.165) is 26.1 Å². The van der Waals surface area contributed by atoms with Crippen LogP contribution >= 0.6 is 0 Å². The molecule has 17 heavy (non-hydrogen) atoms. The Hall–Kier alpha value is -0.610. The molecule has 0 aliphatic heterocycles. The highest BCUT2D eigenvalue weighted by Gasteiger charge is 2.18. The van der Waals surface area contributed by atoms with Crippen molar-refractivity contribution >= 4 is 5.84 Å². The van der Waals surface area contributed by atoms with E-state index in [9.17, 15) is 0 Å². The monoisotopic (exact) mass is 242 g/mol. The fourth-order valence-electron chi connectivity index (χ4n) is 2.01. The van der Waals surface area contributed by atoms with Crippen molar-refractivity contribution in [3.05, 3.63) is 0 Å². The van der Waals surface area contributed by atoms with Crippen LogP contribution in [0.4, 0.5) is 0 Å². The Labute approximate surface area is 107 Å². The highest BCUT2D eigenvalue weighted by atomic mass is 15.2. The molecular weight excluding hydrogens is 212 g/mol. The summed E-state index contributed by atoms with van der Waals surface area (Å²) in [5.41, 5.74) is 5.54. The Balaban J connectivity index is 4.44. The van der Waals surface area contributed by atoms with Crippen LogP contribution in [-0.2, 0) is 0 Å². The van der Waals surface area contributed by atoms with E-state index in [0.29, 0.717) is 24.2 Å². The quantitative estimate of drug-likeness (QED) is 0.477. The number of rotatable bonds is 9. The van der Waals surface area contributed by atoms with Crippen LogP contribution in [0.15, 0.2) is 0 Å². The molecule has 0 aromatic heterocycles. The smallest absolute Gasteiger partial charge is 0.0921 e. The van der Waals surface area contributed by atoms with Crippen LogP contribution in [0, 0.1) is 11.3 Å². The predicted octanol–water partition coefficient (Wildman–Crippen LogP) is 1.61. The molecule has 0 spiro atoms. The molecule has 102 valence electrons. The molecule has 4 nitrogen and oxygen atoms in total. The maximum atomic E-state index is 7.46. The van der Waals surface area contributed by atoms with Crippen LogP contribution in [-0.4, -0.2) is 55.4 Å². The normalized spacial score (nSPS) is 13.6. The van der Waals surface area contributed by atoms with Gasteiger partial charge in [-0.15, -0.1) is 0 Å². The SMILES string of the molecule is CCC(CC(=N)N)N(CCN(C)C)CC(C)C. The van der Waals surface area contributed by atoms with Gasteiger partial charge in [0.15, 0.2) is 0 Å². The minimum absolute atomic E-state index is 0.301. The van der Waals surface area contributed by atoms with Gasteiger partial charge < -0.3 is 10.6 Å². The number of nitrogens with zero attached hydrogens (tertiary/aromatic N) is 2. The number of likely N-dealkylation sites (N-methyl/N-ethyl adjacent to an activating group) is 1. The second-order valence-electron chi connectivity index (χ2n) is 5.48. The van der Waals surface area contributed by atoms with E-state index in [1.807, 2.05) is 0 Å². The highest BCUT2D eigenvalue weighted by Crippen LogP contribution is 2.11. The van der Waals surface area contributed by atoms with Crippen molar-refractivity contribution in [1.29, 1.82) is 5.41 Å². The zero-order chi connectivity index (χ0) is 13.4. The first kappa shape index (κ1) is 16.4. The van der Waals surface area contributed by atoms with E-state index >= 15 is 0 Å². The van der Waals surface area contributed by atoms with Gasteiger partial charge in [0.2, 0.25) is 0 Å². The Morgan fingerprint density at radius 2 is 1.82 bits per heavy atom. The van der Waals surface area contributed by atoms with E-state index in [1.54, 1.807) is 0 Å². The van der Waals surface area contributed by atoms with E-state index in [2.05, 4.69) is 44.7 Å². The summed E-state index contributed by atoms with van der Waals surface area (Å²) in [5, 5.41) is 7.46. The van der Waals surface area contributed by atoms with Crippen molar-refractivity contribution in [3.8, 4) is 0 Å². The third-order valence-electron chi connectivity index (χ3n) is 2.88. The molecule has 0 saturated carbocycles. The molecule has 0 rings (SSSR count). The van der Waals surface area contributed by atoms with E-state index < -0.39 is 0 Å². The van der Waals surface area contributed by atoms with Crippen LogP contribution in [0.25, 0.3) is 0 Å². The lowest BCUT2D eigenvalue weighted by Crippen LogP contribution is -2.43. The van der Waals surface area contributed by atoms with E-state index in [4.69, 9.17) is 11.1 Å². The summed E-state index contributed by atoms with van der Waals surface area (Å²) in [7, 11) is 4.19. The molecule has 0 aromatic carbocycles. The van der Waals surface area contributed by atoms with Gasteiger partial charge in [0.1, 0.15) is 0 Å². The fourth-order valence-corrected chi connectivity index (χ4v) is 2.01. The van der Waals surface area contributed by atoms with Crippen molar-refractivity contribution in [2.45, 2.75) is 39.7 Å². The summed E-state index contributed by atoms with van der Waals surface area (Å²) in [5.74, 6) is 0.952. The number of nitrogens with two attached hydrogens (primary N) is 1. The Kier molecular flexibility index (Phi) is 8.17. The molecule has 0 heterocycles. The van der Waals surface area contributed by atoms with Gasteiger partial charge in [0.25, 0.3) is 0 Å². The van der Waals surface area contributed by atoms with Gasteiger partial charge in [0.05, 0.1) is 5.84 Å². The Morgan fingerprint density at radius 3 is 2.18 bits per heavy atom. The summed E-state index contributed by atoms with van der Waals surface area (Å²) in [4.78, 5) is 4.68. The van der Waals surface area contributed by atoms with Crippen molar-refractivity contribution in [1.82, 2.24) is 9.80 Å². The summed E-state index contributed by atoms with van der Waals surface area (Å²) in [6.45, 7) is 9.85. The summed E-state index contributed by atoms with van der Waals surface area (Å²) in [6, 6.07) is 0.412. The minimum atomic E-state index is 0.301. The van der Waals surface area contributed by atoms with Crippen LogP contribution in [0.5, 0.6) is 0 Å². The molecule has 1 atom stereocenters. The van der Waals surface area contributed by atoms with Crippen molar-refractivity contribution in [2.75, 3.05) is 33.7 Å². The van der Waals surface area contributed by atoms with E-state index in [1.165, 1.54) is 0 Å². The zero-order valence-corrected chi connectivity index (χ0v) is 12.2. The third-order valence-corrected chi connectivity index (χ3v) is 2.88. The third kappa shape index (κ3) is 8.16. The predicted molar refractivity (Wildman–Crippen MR) is 75.6 cm³/mol. The molecule has 0 bridgehead atoms. The molecule has 0 amide bonds. The van der Waals surface area contributed by atoms with Gasteiger partial charge in [-0.1, -0.05) is 20.8 Å². The number of hydrogen-bond donors (Lipinski definition) is 2. The molecule has 0 radical (unpaired) electrons. The van der Waals surface area contributed by atoms with E-state index in [-0.39, 0.29) is 0 Å². The largest absolute Gasteiger partial charge is 0.388 e. The minimum Gasteiger partial charge on any atom is -0.388 e. The van der Waals surface area contributed by atoms with Crippen molar-refractivity contribution in [3.63, 3.8) is 0 Å². The number of amidine groups is 1. The van der Waals surface area contributed by atoms with Crippen LogP contribution in [0.3, 0.4) is 0 Å². The first-order valence-electron chi connectivity index (χ1n) is 6.58. The lowest BCUT2D eigenvalue weighted by atomic mass is 10.1. The highest BCUT2D eigenvalue weighted by molar-refractivity contribution is 5.77. The molecule has 0 fully saturated rings. The maximum Gasteiger partial charge on any atom is 0.0921 e. The lowest BCUT2D eigenvalue weighted by Gasteiger charge is -2.33. The van der Waals surface area contributed by atoms with Gasteiger partial charge in [-0.25, -0.2) is 0 Å². The standard InChI is InChI=1S/C13H30N4/c1-6-12(9-13(14)15)17(10-11(2)3)8-7-16(4)5/h11-12H,6-10H2,1-5H3,(H3,14,15). The van der Waals surface area contributed by atoms with Crippen molar-refractivity contribution in [2.24, 2.45) is 11.7 Å². The van der Waals surface area contributed by atoms with Crippen LogP contribution in [0.1, 0.15) is 33.6 Å². The molecule has 3 N–H and O–H groups in total. The summed E-state index contributed by atoms with van der Waals surface area (Å²) >= 11 is 0. The molecule has 0 saturated heterocycles. The van der Waals surface area contributed by atoms with Gasteiger partial charge in [-0.05, 0) is 26.4 Å². The molecule has 1 unspecified atom stereocenters.